The molecule has 0 spiro atoms. The highest BCUT2D eigenvalue weighted by Crippen LogP contribution is 2.34. The molecule has 10 heteroatoms. The molecule has 0 aromatic heterocycles. The number of carbonyl (C=O) groups is 1. The van der Waals surface area contributed by atoms with Crippen LogP contribution in [-0.2, 0) is 17.5 Å². The number of likely N-dealkylation sites (tertiary alicyclic amines) is 1. The zero-order valence-corrected chi connectivity index (χ0v) is 20.3. The fourth-order valence-corrected chi connectivity index (χ4v) is 4.52. The molecule has 1 amide bonds. The Bertz CT molecular complexity index is 1100. The quantitative estimate of drug-likeness (QED) is 0.412. The van der Waals surface area contributed by atoms with Gasteiger partial charge in [0.2, 0.25) is 5.91 Å². The molecule has 1 saturated heterocycles. The van der Waals surface area contributed by atoms with Crippen molar-refractivity contribution in [3.8, 4) is 6.07 Å². The predicted octanol–water partition coefficient (Wildman–Crippen LogP) is 4.74. The first-order valence-corrected chi connectivity index (χ1v) is 11.6. The third kappa shape index (κ3) is 6.72. The Kier molecular flexibility index (Phi) is 8.75. The van der Waals surface area contributed by atoms with Gasteiger partial charge in [-0.25, -0.2) is 4.39 Å². The summed E-state index contributed by atoms with van der Waals surface area (Å²) in [5.41, 5.74) is 1.01. The molecule has 35 heavy (non-hydrogen) atoms. The molecule has 0 bridgehead atoms. The van der Waals surface area contributed by atoms with Crippen LogP contribution in [0.15, 0.2) is 36.4 Å². The highest BCUT2D eigenvalue weighted by atomic mass is 35.5. The minimum Gasteiger partial charge on any atom is -0.339 e. The summed E-state index contributed by atoms with van der Waals surface area (Å²) < 4.78 is 52.9. The van der Waals surface area contributed by atoms with Gasteiger partial charge in [0.1, 0.15) is 5.82 Å². The maximum Gasteiger partial charge on any atom is 0.419 e. The summed E-state index contributed by atoms with van der Waals surface area (Å²) in [6.45, 7) is 3.49. The number of halogens is 5. The van der Waals surface area contributed by atoms with Crippen LogP contribution in [0.3, 0.4) is 0 Å². The SMILES string of the molecule is Cc1cc([C@H]2CN(C(=O)CNCCC#N)C[C@@H]2N(C)Cc2ccc(C(F)(F)F)c(F)c2)ccc1Cl. The minimum absolute atomic E-state index is 0.0710. The number of hydrogen-bond donors (Lipinski definition) is 1. The molecule has 3 rings (SSSR count). The lowest BCUT2D eigenvalue weighted by atomic mass is 9.92. The number of nitrogens with zero attached hydrogens (tertiary/aromatic N) is 3. The first-order valence-electron chi connectivity index (χ1n) is 11.2. The van der Waals surface area contributed by atoms with E-state index in [-0.39, 0.29) is 31.0 Å². The molecule has 0 radical (unpaired) electrons. The van der Waals surface area contributed by atoms with Crippen LogP contribution in [0.2, 0.25) is 5.02 Å². The van der Waals surface area contributed by atoms with Gasteiger partial charge in [-0.1, -0.05) is 29.8 Å². The molecule has 1 heterocycles. The van der Waals surface area contributed by atoms with E-state index in [2.05, 4.69) is 5.32 Å². The van der Waals surface area contributed by atoms with Crippen LogP contribution in [0.4, 0.5) is 17.6 Å². The Balaban J connectivity index is 1.80. The van der Waals surface area contributed by atoms with Gasteiger partial charge in [-0.3, -0.25) is 9.69 Å². The number of carbonyl (C=O) groups excluding carboxylic acids is 1. The monoisotopic (exact) mass is 510 g/mol. The first kappa shape index (κ1) is 26.9. The van der Waals surface area contributed by atoms with Gasteiger partial charge in [-0.2, -0.15) is 18.4 Å². The second-order valence-corrected chi connectivity index (χ2v) is 9.20. The Labute approximate surface area is 207 Å². The van der Waals surface area contributed by atoms with Crippen LogP contribution < -0.4 is 5.32 Å². The Morgan fingerprint density at radius 2 is 2.00 bits per heavy atom. The van der Waals surface area contributed by atoms with E-state index in [0.29, 0.717) is 36.6 Å². The Morgan fingerprint density at radius 3 is 2.63 bits per heavy atom. The van der Waals surface area contributed by atoms with Gasteiger partial charge in [-0.05, 0) is 48.9 Å². The highest BCUT2D eigenvalue weighted by molar-refractivity contribution is 6.31. The van der Waals surface area contributed by atoms with E-state index in [4.69, 9.17) is 16.9 Å². The number of likely N-dealkylation sites (N-methyl/N-ethyl adjacent to an activating group) is 1. The lowest BCUT2D eigenvalue weighted by Crippen LogP contribution is -2.40. The molecule has 0 aliphatic carbocycles. The van der Waals surface area contributed by atoms with Crippen LogP contribution in [0.1, 0.15) is 34.6 Å². The lowest BCUT2D eigenvalue weighted by Gasteiger charge is -2.29. The predicted molar refractivity (Wildman–Crippen MR) is 125 cm³/mol. The average molecular weight is 511 g/mol. The van der Waals surface area contributed by atoms with Gasteiger partial charge >= 0.3 is 6.18 Å². The number of nitrogens with one attached hydrogen (secondary N) is 1. The summed E-state index contributed by atoms with van der Waals surface area (Å²) in [4.78, 5) is 16.5. The lowest BCUT2D eigenvalue weighted by molar-refractivity contribution is -0.140. The zero-order valence-electron chi connectivity index (χ0n) is 19.5. The summed E-state index contributed by atoms with van der Waals surface area (Å²) in [7, 11) is 1.81. The van der Waals surface area contributed by atoms with Crippen LogP contribution in [-0.4, -0.2) is 55.0 Å². The van der Waals surface area contributed by atoms with Crippen molar-refractivity contribution in [2.45, 2.75) is 38.0 Å². The number of nitriles is 1. The van der Waals surface area contributed by atoms with Crippen molar-refractivity contribution in [2.24, 2.45) is 0 Å². The van der Waals surface area contributed by atoms with Crippen molar-refractivity contribution in [1.29, 1.82) is 5.26 Å². The van der Waals surface area contributed by atoms with Crippen molar-refractivity contribution >= 4 is 17.5 Å². The fraction of sp³-hybridized carbons (Fsp3) is 0.440. The summed E-state index contributed by atoms with van der Waals surface area (Å²) in [5.74, 6) is -1.48. The molecule has 0 saturated carbocycles. The van der Waals surface area contributed by atoms with Gasteiger partial charge in [0.05, 0.1) is 18.2 Å². The van der Waals surface area contributed by atoms with Gasteiger partial charge < -0.3 is 10.2 Å². The third-order valence-corrected chi connectivity index (χ3v) is 6.70. The van der Waals surface area contributed by atoms with Crippen molar-refractivity contribution in [2.75, 3.05) is 33.2 Å². The largest absolute Gasteiger partial charge is 0.419 e. The Hall–Kier alpha value is -2.67. The number of alkyl halides is 3. The number of hydrogen-bond acceptors (Lipinski definition) is 4. The standard InChI is InChI=1S/C25H27ClF4N4O/c1-16-10-18(5-7-21(16)26)19-14-34(24(35)12-32-9-3-8-31)15-23(19)33(2)13-17-4-6-20(22(27)11-17)25(28,29)30/h4-7,10-11,19,23,32H,3,9,12-15H2,1-2H3/t19-,23+/m1/s1. The van der Waals surface area contributed by atoms with Crippen molar-refractivity contribution in [3.63, 3.8) is 0 Å². The zero-order chi connectivity index (χ0) is 25.8. The molecule has 5 nitrogen and oxygen atoms in total. The second-order valence-electron chi connectivity index (χ2n) is 8.79. The van der Waals surface area contributed by atoms with E-state index in [1.165, 1.54) is 6.07 Å². The van der Waals surface area contributed by atoms with E-state index in [1.807, 2.05) is 43.1 Å². The van der Waals surface area contributed by atoms with E-state index in [1.54, 1.807) is 4.90 Å². The molecule has 2 aromatic carbocycles. The first-order chi connectivity index (χ1) is 16.5. The van der Waals surface area contributed by atoms with Crippen LogP contribution >= 0.6 is 11.6 Å². The van der Waals surface area contributed by atoms with Crippen molar-refractivity contribution < 1.29 is 22.4 Å². The molecular weight excluding hydrogens is 484 g/mol. The Morgan fingerprint density at radius 1 is 1.26 bits per heavy atom. The van der Waals surface area contributed by atoms with Crippen molar-refractivity contribution in [3.05, 3.63) is 69.5 Å². The van der Waals surface area contributed by atoms with E-state index >= 15 is 0 Å². The summed E-state index contributed by atoms with van der Waals surface area (Å²) in [5, 5.41) is 12.2. The number of amides is 1. The number of aryl methyl sites for hydroxylation is 1. The van der Waals surface area contributed by atoms with E-state index in [9.17, 15) is 22.4 Å². The fourth-order valence-electron chi connectivity index (χ4n) is 4.41. The highest BCUT2D eigenvalue weighted by Gasteiger charge is 2.39. The third-order valence-electron chi connectivity index (χ3n) is 6.28. The van der Waals surface area contributed by atoms with Gasteiger partial charge in [0.15, 0.2) is 0 Å². The molecule has 2 atom stereocenters. The summed E-state index contributed by atoms with van der Waals surface area (Å²) in [6.07, 6.45) is -4.45. The smallest absolute Gasteiger partial charge is 0.339 e. The average Bonchev–Trinajstić information content (AvgIpc) is 3.23. The van der Waals surface area contributed by atoms with Gasteiger partial charge in [-0.15, -0.1) is 0 Å². The van der Waals surface area contributed by atoms with Gasteiger partial charge in [0, 0.05) is 49.6 Å². The molecule has 1 aliphatic rings. The second kappa shape index (κ2) is 11.4. The molecule has 188 valence electrons. The minimum atomic E-state index is -4.75. The van der Waals surface area contributed by atoms with Gasteiger partial charge in [0.25, 0.3) is 0 Å². The topological polar surface area (TPSA) is 59.4 Å². The molecular formula is C25H27ClF4N4O. The number of benzene rings is 2. The van der Waals surface area contributed by atoms with E-state index in [0.717, 1.165) is 23.3 Å². The molecule has 1 aliphatic heterocycles. The molecule has 2 aromatic rings. The van der Waals surface area contributed by atoms with Crippen LogP contribution in [0.5, 0.6) is 0 Å². The normalized spacial score (nSPS) is 18.2. The molecule has 0 unspecified atom stereocenters. The van der Waals surface area contributed by atoms with E-state index < -0.39 is 17.6 Å². The maximum atomic E-state index is 14.1. The van der Waals surface area contributed by atoms with Crippen molar-refractivity contribution in [1.82, 2.24) is 15.1 Å². The summed E-state index contributed by atoms with van der Waals surface area (Å²) in [6, 6.07) is 10.5. The molecule has 1 N–H and O–H groups in total. The van der Waals surface area contributed by atoms with Crippen LogP contribution in [0.25, 0.3) is 0 Å². The van der Waals surface area contributed by atoms with Crippen LogP contribution in [0, 0.1) is 24.1 Å². The summed E-state index contributed by atoms with van der Waals surface area (Å²) >= 11 is 6.19. The maximum absolute atomic E-state index is 14.1. The molecule has 1 fully saturated rings. The number of rotatable bonds is 8.